The molecule has 0 amide bonds. The molecule has 124 valence electrons. The van der Waals surface area contributed by atoms with Gasteiger partial charge in [0.15, 0.2) is 0 Å². The fourth-order valence-electron chi connectivity index (χ4n) is 2.82. The van der Waals surface area contributed by atoms with Crippen molar-refractivity contribution in [3.63, 3.8) is 0 Å². The van der Waals surface area contributed by atoms with E-state index in [-0.39, 0.29) is 12.4 Å². The molecule has 0 saturated heterocycles. The number of nitrogen functional groups attached to an aromatic ring is 1. The van der Waals surface area contributed by atoms with Crippen LogP contribution in [0.25, 0.3) is 0 Å². The molecule has 1 aliphatic rings. The SMILES string of the molecule is CCOC(=O)C1=C(C)Nc2nc(=O)[nH]c(N)c2C1c1ccccn1. The first-order valence-electron chi connectivity index (χ1n) is 7.48. The Bertz CT molecular complexity index is 873. The molecule has 0 aliphatic carbocycles. The fourth-order valence-corrected chi connectivity index (χ4v) is 2.82. The highest BCUT2D eigenvalue weighted by Gasteiger charge is 2.36. The Hall–Kier alpha value is -3.16. The van der Waals surface area contributed by atoms with E-state index >= 15 is 0 Å². The van der Waals surface area contributed by atoms with Crippen LogP contribution < -0.4 is 16.7 Å². The van der Waals surface area contributed by atoms with Crippen LogP contribution in [0.1, 0.15) is 31.0 Å². The van der Waals surface area contributed by atoms with Gasteiger partial charge in [-0.15, -0.1) is 0 Å². The molecule has 0 fully saturated rings. The molecule has 3 rings (SSSR count). The van der Waals surface area contributed by atoms with Gasteiger partial charge in [0, 0.05) is 17.5 Å². The second-order valence-corrected chi connectivity index (χ2v) is 5.29. The van der Waals surface area contributed by atoms with Crippen LogP contribution in [-0.2, 0) is 9.53 Å². The molecular weight excluding hydrogens is 310 g/mol. The first-order chi connectivity index (χ1) is 11.5. The Labute approximate surface area is 137 Å². The van der Waals surface area contributed by atoms with E-state index in [2.05, 4.69) is 20.3 Å². The van der Waals surface area contributed by atoms with Crippen LogP contribution in [0, 0.1) is 0 Å². The molecule has 24 heavy (non-hydrogen) atoms. The number of ether oxygens (including phenoxy) is 1. The monoisotopic (exact) mass is 327 g/mol. The second-order valence-electron chi connectivity index (χ2n) is 5.29. The number of nitrogens with zero attached hydrogens (tertiary/aromatic N) is 2. The predicted octanol–water partition coefficient (Wildman–Crippen LogP) is 1.14. The van der Waals surface area contributed by atoms with Crippen LogP contribution in [0.2, 0.25) is 0 Å². The minimum absolute atomic E-state index is 0.141. The number of aromatic nitrogens is 3. The number of allylic oxidation sites excluding steroid dienone is 1. The Morgan fingerprint density at radius 2 is 2.21 bits per heavy atom. The van der Waals surface area contributed by atoms with Gasteiger partial charge < -0.3 is 15.8 Å². The van der Waals surface area contributed by atoms with Crippen molar-refractivity contribution in [2.24, 2.45) is 0 Å². The van der Waals surface area contributed by atoms with Crippen LogP contribution in [0.4, 0.5) is 11.6 Å². The van der Waals surface area contributed by atoms with Gasteiger partial charge in [-0.3, -0.25) is 9.97 Å². The maximum Gasteiger partial charge on any atom is 0.348 e. The zero-order valence-corrected chi connectivity index (χ0v) is 13.3. The van der Waals surface area contributed by atoms with Gasteiger partial charge in [-0.25, -0.2) is 9.59 Å². The van der Waals surface area contributed by atoms with E-state index in [1.807, 2.05) is 6.07 Å². The zero-order chi connectivity index (χ0) is 17.3. The maximum atomic E-state index is 12.5. The molecule has 0 spiro atoms. The van der Waals surface area contributed by atoms with Gasteiger partial charge in [0.1, 0.15) is 11.6 Å². The Morgan fingerprint density at radius 3 is 2.88 bits per heavy atom. The molecule has 8 heteroatoms. The number of hydrogen-bond acceptors (Lipinski definition) is 7. The van der Waals surface area contributed by atoms with Crippen LogP contribution >= 0.6 is 0 Å². The van der Waals surface area contributed by atoms with Gasteiger partial charge >= 0.3 is 11.7 Å². The third-order valence-corrected chi connectivity index (χ3v) is 3.77. The van der Waals surface area contributed by atoms with E-state index in [1.165, 1.54) is 0 Å². The highest BCUT2D eigenvalue weighted by atomic mass is 16.5. The molecule has 1 aliphatic heterocycles. The first kappa shape index (κ1) is 15.7. The topological polar surface area (TPSA) is 123 Å². The van der Waals surface area contributed by atoms with E-state index < -0.39 is 17.6 Å². The summed E-state index contributed by atoms with van der Waals surface area (Å²) in [4.78, 5) is 34.9. The molecule has 2 aromatic rings. The standard InChI is InChI=1S/C16H17N5O3/c1-3-24-15(22)10-8(2)19-14-12(13(17)20-16(23)21-14)11(10)9-6-4-5-7-18-9/h4-7,11H,3H2,1-2H3,(H4,17,19,20,21,23). The number of esters is 1. The molecule has 0 aromatic carbocycles. The molecule has 2 aromatic heterocycles. The van der Waals surface area contributed by atoms with Crippen LogP contribution in [0.15, 0.2) is 40.5 Å². The largest absolute Gasteiger partial charge is 0.463 e. The normalized spacial score (nSPS) is 16.3. The van der Waals surface area contributed by atoms with Crippen LogP contribution in [0.3, 0.4) is 0 Å². The summed E-state index contributed by atoms with van der Waals surface area (Å²) in [5.74, 6) is -0.583. The predicted molar refractivity (Wildman–Crippen MR) is 88.3 cm³/mol. The summed E-state index contributed by atoms with van der Waals surface area (Å²) in [6, 6.07) is 5.38. The highest BCUT2D eigenvalue weighted by Crippen LogP contribution is 2.42. The third-order valence-electron chi connectivity index (χ3n) is 3.77. The van der Waals surface area contributed by atoms with Crippen molar-refractivity contribution in [3.8, 4) is 0 Å². The van der Waals surface area contributed by atoms with Crippen molar-refractivity contribution >= 4 is 17.6 Å². The third kappa shape index (κ3) is 2.62. The molecular formula is C16H17N5O3. The smallest absolute Gasteiger partial charge is 0.348 e. The summed E-state index contributed by atoms with van der Waals surface area (Å²) in [5.41, 5.74) is 7.51. The lowest BCUT2D eigenvalue weighted by Gasteiger charge is -2.29. The van der Waals surface area contributed by atoms with Gasteiger partial charge in [-0.05, 0) is 26.0 Å². The van der Waals surface area contributed by atoms with Gasteiger partial charge in [-0.2, -0.15) is 4.98 Å². The molecule has 1 atom stereocenters. The molecule has 0 saturated carbocycles. The molecule has 0 radical (unpaired) electrons. The van der Waals surface area contributed by atoms with Crippen molar-refractivity contribution in [3.05, 3.63) is 57.4 Å². The number of hydrogen-bond donors (Lipinski definition) is 3. The molecule has 8 nitrogen and oxygen atoms in total. The van der Waals surface area contributed by atoms with Crippen molar-refractivity contribution in [2.45, 2.75) is 19.8 Å². The number of carbonyl (C=O) groups excluding carboxylic acids is 1. The average molecular weight is 327 g/mol. The minimum Gasteiger partial charge on any atom is -0.463 e. The number of nitrogens with one attached hydrogen (secondary N) is 2. The number of pyridine rings is 1. The molecule has 1 unspecified atom stereocenters. The Balaban J connectivity index is 2.26. The van der Waals surface area contributed by atoms with E-state index in [9.17, 15) is 9.59 Å². The summed E-state index contributed by atoms with van der Waals surface area (Å²) < 4.78 is 5.18. The number of carbonyl (C=O) groups is 1. The Morgan fingerprint density at radius 1 is 1.42 bits per heavy atom. The van der Waals surface area contributed by atoms with Gasteiger partial charge in [0.25, 0.3) is 0 Å². The minimum atomic E-state index is -0.578. The molecule has 3 heterocycles. The van der Waals surface area contributed by atoms with E-state index in [4.69, 9.17) is 10.5 Å². The van der Waals surface area contributed by atoms with Crippen molar-refractivity contribution in [2.75, 3.05) is 17.7 Å². The van der Waals surface area contributed by atoms with Gasteiger partial charge in [0.05, 0.1) is 23.8 Å². The Kier molecular flexibility index (Phi) is 4.03. The number of nitrogens with two attached hydrogens (primary N) is 1. The van der Waals surface area contributed by atoms with Gasteiger partial charge in [0.2, 0.25) is 0 Å². The van der Waals surface area contributed by atoms with Gasteiger partial charge in [-0.1, -0.05) is 6.07 Å². The van der Waals surface area contributed by atoms with E-state index in [1.54, 1.807) is 32.2 Å². The summed E-state index contributed by atoms with van der Waals surface area (Å²) >= 11 is 0. The number of rotatable bonds is 3. The lowest BCUT2D eigenvalue weighted by atomic mass is 9.84. The number of H-pyrrole nitrogens is 1. The number of anilines is 2. The van der Waals surface area contributed by atoms with Crippen molar-refractivity contribution in [1.82, 2.24) is 15.0 Å². The lowest BCUT2D eigenvalue weighted by Crippen LogP contribution is -2.29. The van der Waals surface area contributed by atoms with E-state index in [0.29, 0.717) is 28.3 Å². The second kappa shape index (κ2) is 6.15. The summed E-state index contributed by atoms with van der Waals surface area (Å²) in [6.07, 6.45) is 1.63. The molecule has 0 bridgehead atoms. The van der Waals surface area contributed by atoms with Crippen molar-refractivity contribution < 1.29 is 9.53 Å². The summed E-state index contributed by atoms with van der Waals surface area (Å²) in [6.45, 7) is 3.71. The van der Waals surface area contributed by atoms with Crippen LogP contribution in [0.5, 0.6) is 0 Å². The lowest BCUT2D eigenvalue weighted by molar-refractivity contribution is -0.138. The van der Waals surface area contributed by atoms with E-state index in [0.717, 1.165) is 0 Å². The van der Waals surface area contributed by atoms with Crippen LogP contribution in [-0.4, -0.2) is 27.5 Å². The fraction of sp³-hybridized carbons (Fsp3) is 0.250. The summed E-state index contributed by atoms with van der Waals surface area (Å²) in [7, 11) is 0. The maximum absolute atomic E-state index is 12.5. The quantitative estimate of drug-likeness (QED) is 0.722. The van der Waals surface area contributed by atoms with Crippen molar-refractivity contribution in [1.29, 1.82) is 0 Å². The number of fused-ring (bicyclic) bond motifs is 1. The average Bonchev–Trinajstić information content (AvgIpc) is 2.54. The zero-order valence-electron chi connectivity index (χ0n) is 13.3. The highest BCUT2D eigenvalue weighted by molar-refractivity contribution is 5.94. The summed E-state index contributed by atoms with van der Waals surface area (Å²) in [5, 5.41) is 2.97. The first-order valence-corrected chi connectivity index (χ1v) is 7.48. The molecule has 4 N–H and O–H groups in total. The number of aromatic amines is 1.